The van der Waals surface area contributed by atoms with Gasteiger partial charge in [0.15, 0.2) is 0 Å². The maximum Gasteiger partial charge on any atom is 0.0826 e. The molecule has 0 saturated heterocycles. The predicted octanol–water partition coefficient (Wildman–Crippen LogP) is 3.23. The van der Waals surface area contributed by atoms with Crippen LogP contribution in [0.25, 0.3) is 0 Å². The van der Waals surface area contributed by atoms with Crippen LogP contribution >= 0.6 is 0 Å². The van der Waals surface area contributed by atoms with Crippen LogP contribution in [0.1, 0.15) is 71.6 Å². The van der Waals surface area contributed by atoms with Crippen molar-refractivity contribution in [1.82, 2.24) is 0 Å². The van der Waals surface area contributed by atoms with Crippen molar-refractivity contribution < 1.29 is 5.11 Å². The molecule has 17 heavy (non-hydrogen) atoms. The molecule has 2 rings (SSSR count). The molecule has 0 amide bonds. The van der Waals surface area contributed by atoms with Gasteiger partial charge in [-0.3, -0.25) is 0 Å². The molecule has 100 valence electrons. The lowest BCUT2D eigenvalue weighted by Crippen LogP contribution is -2.63. The van der Waals surface area contributed by atoms with Gasteiger partial charge in [-0.15, -0.1) is 0 Å². The van der Waals surface area contributed by atoms with Gasteiger partial charge in [0.05, 0.1) is 5.60 Å². The van der Waals surface area contributed by atoms with Gasteiger partial charge >= 0.3 is 0 Å². The molecule has 0 aromatic carbocycles. The van der Waals surface area contributed by atoms with Crippen LogP contribution in [-0.4, -0.2) is 16.2 Å². The van der Waals surface area contributed by atoms with Crippen LogP contribution in [0, 0.1) is 11.8 Å². The summed E-state index contributed by atoms with van der Waals surface area (Å²) in [6.07, 6.45) is 9.95. The first-order valence-corrected chi connectivity index (χ1v) is 7.50. The molecule has 2 saturated carbocycles. The summed E-state index contributed by atoms with van der Waals surface area (Å²) in [5.41, 5.74) is 5.72. The topological polar surface area (TPSA) is 46.2 Å². The summed E-state index contributed by atoms with van der Waals surface area (Å²) in [6, 6.07) is 0. The van der Waals surface area contributed by atoms with Crippen LogP contribution in [0.15, 0.2) is 0 Å². The van der Waals surface area contributed by atoms with Crippen molar-refractivity contribution in [3.8, 4) is 0 Å². The Morgan fingerprint density at radius 1 is 1.18 bits per heavy atom. The van der Waals surface area contributed by atoms with E-state index >= 15 is 0 Å². The summed E-state index contributed by atoms with van der Waals surface area (Å²) >= 11 is 0. The van der Waals surface area contributed by atoms with E-state index < -0.39 is 5.60 Å². The number of rotatable bonds is 2. The minimum Gasteiger partial charge on any atom is -0.388 e. The highest BCUT2D eigenvalue weighted by molar-refractivity contribution is 5.07. The normalized spacial score (nSPS) is 48.0. The summed E-state index contributed by atoms with van der Waals surface area (Å²) in [5.74, 6) is 1.50. The molecule has 2 aliphatic rings. The van der Waals surface area contributed by atoms with Gasteiger partial charge in [-0.05, 0) is 50.4 Å². The van der Waals surface area contributed by atoms with Crippen LogP contribution in [0.3, 0.4) is 0 Å². The average Bonchev–Trinajstić information content (AvgIpc) is 2.29. The van der Waals surface area contributed by atoms with Crippen LogP contribution in [-0.2, 0) is 0 Å². The molecule has 2 fully saturated rings. The van der Waals surface area contributed by atoms with E-state index in [2.05, 4.69) is 13.8 Å². The van der Waals surface area contributed by atoms with Crippen molar-refractivity contribution in [1.29, 1.82) is 0 Å². The van der Waals surface area contributed by atoms with Crippen molar-refractivity contribution in [2.75, 3.05) is 0 Å². The second-order valence-corrected chi connectivity index (χ2v) is 6.74. The van der Waals surface area contributed by atoms with Gasteiger partial charge in [-0.1, -0.05) is 33.1 Å². The zero-order chi connectivity index (χ0) is 12.5. The van der Waals surface area contributed by atoms with E-state index in [4.69, 9.17) is 5.73 Å². The van der Waals surface area contributed by atoms with Crippen molar-refractivity contribution in [3.63, 3.8) is 0 Å². The van der Waals surface area contributed by atoms with E-state index in [0.717, 1.165) is 31.6 Å². The first-order valence-electron chi connectivity index (χ1n) is 7.50. The minimum absolute atomic E-state index is 0.302. The Balaban J connectivity index is 2.04. The van der Waals surface area contributed by atoms with Crippen LogP contribution in [0.4, 0.5) is 0 Å². The Labute approximate surface area is 106 Å². The van der Waals surface area contributed by atoms with Crippen LogP contribution < -0.4 is 5.73 Å². The molecular formula is C15H29NO. The predicted molar refractivity (Wildman–Crippen MR) is 71.7 cm³/mol. The SMILES string of the molecule is CCC1CCC(O)(C2(N)CCCC(C)C2)CC1. The van der Waals surface area contributed by atoms with Gasteiger partial charge in [0.25, 0.3) is 0 Å². The molecule has 2 nitrogen and oxygen atoms in total. The number of nitrogens with two attached hydrogens (primary N) is 1. The molecule has 2 aliphatic carbocycles. The number of hydrogen-bond acceptors (Lipinski definition) is 2. The summed E-state index contributed by atoms with van der Waals surface area (Å²) < 4.78 is 0. The molecule has 2 unspecified atom stereocenters. The molecular weight excluding hydrogens is 210 g/mol. The van der Waals surface area contributed by atoms with Crippen molar-refractivity contribution >= 4 is 0 Å². The lowest BCUT2D eigenvalue weighted by Gasteiger charge is -2.51. The number of hydrogen-bond donors (Lipinski definition) is 2. The zero-order valence-corrected chi connectivity index (χ0v) is 11.5. The van der Waals surface area contributed by atoms with Gasteiger partial charge < -0.3 is 10.8 Å². The van der Waals surface area contributed by atoms with Crippen molar-refractivity contribution in [2.24, 2.45) is 17.6 Å². The fourth-order valence-corrected chi connectivity index (χ4v) is 4.08. The molecule has 0 spiro atoms. The molecule has 2 atom stereocenters. The quantitative estimate of drug-likeness (QED) is 0.777. The summed E-state index contributed by atoms with van der Waals surface area (Å²) in [5, 5.41) is 11.0. The third-order valence-electron chi connectivity index (χ3n) is 5.47. The smallest absolute Gasteiger partial charge is 0.0826 e. The lowest BCUT2D eigenvalue weighted by atomic mass is 9.61. The Bertz CT molecular complexity index is 258. The van der Waals surface area contributed by atoms with Crippen LogP contribution in [0.2, 0.25) is 0 Å². The average molecular weight is 239 g/mol. The fraction of sp³-hybridized carbons (Fsp3) is 1.00. The van der Waals surface area contributed by atoms with Gasteiger partial charge in [-0.25, -0.2) is 0 Å². The molecule has 2 heteroatoms. The summed E-state index contributed by atoms with van der Waals surface area (Å²) in [4.78, 5) is 0. The molecule has 0 aromatic rings. The van der Waals surface area contributed by atoms with E-state index in [9.17, 15) is 5.11 Å². The molecule has 0 heterocycles. The molecule has 0 aromatic heterocycles. The monoisotopic (exact) mass is 239 g/mol. The van der Waals surface area contributed by atoms with Gasteiger partial charge in [0, 0.05) is 5.54 Å². The third kappa shape index (κ3) is 2.53. The van der Waals surface area contributed by atoms with Gasteiger partial charge in [0.2, 0.25) is 0 Å². The zero-order valence-electron chi connectivity index (χ0n) is 11.5. The molecule has 3 N–H and O–H groups in total. The second-order valence-electron chi connectivity index (χ2n) is 6.74. The summed E-state index contributed by atoms with van der Waals surface area (Å²) in [7, 11) is 0. The Morgan fingerprint density at radius 2 is 1.82 bits per heavy atom. The maximum absolute atomic E-state index is 11.0. The molecule has 0 bridgehead atoms. The highest BCUT2D eigenvalue weighted by atomic mass is 16.3. The van der Waals surface area contributed by atoms with Crippen LogP contribution in [0.5, 0.6) is 0 Å². The largest absolute Gasteiger partial charge is 0.388 e. The lowest BCUT2D eigenvalue weighted by molar-refractivity contribution is -0.0919. The van der Waals surface area contributed by atoms with Crippen molar-refractivity contribution in [3.05, 3.63) is 0 Å². The highest BCUT2D eigenvalue weighted by Crippen LogP contribution is 2.46. The second kappa shape index (κ2) is 4.89. The Morgan fingerprint density at radius 3 is 2.35 bits per heavy atom. The van der Waals surface area contributed by atoms with Crippen molar-refractivity contribution in [2.45, 2.75) is 82.8 Å². The number of aliphatic hydroxyl groups is 1. The van der Waals surface area contributed by atoms with E-state index in [1.807, 2.05) is 0 Å². The first kappa shape index (κ1) is 13.4. The standard InChI is InChI=1S/C15H29NO/c1-3-13-6-9-15(17,10-7-13)14(16)8-4-5-12(2)11-14/h12-13,17H,3-11,16H2,1-2H3. The van der Waals surface area contributed by atoms with Gasteiger partial charge in [0.1, 0.15) is 0 Å². The van der Waals surface area contributed by atoms with E-state index in [-0.39, 0.29) is 5.54 Å². The summed E-state index contributed by atoms with van der Waals surface area (Å²) in [6.45, 7) is 4.54. The fourth-order valence-electron chi connectivity index (χ4n) is 4.08. The maximum atomic E-state index is 11.0. The highest BCUT2D eigenvalue weighted by Gasteiger charge is 2.50. The van der Waals surface area contributed by atoms with E-state index in [1.54, 1.807) is 0 Å². The molecule has 0 radical (unpaired) electrons. The van der Waals surface area contributed by atoms with E-state index in [0.29, 0.717) is 5.92 Å². The third-order valence-corrected chi connectivity index (χ3v) is 5.47. The first-order chi connectivity index (χ1) is 7.99. The molecule has 0 aliphatic heterocycles. The van der Waals surface area contributed by atoms with E-state index in [1.165, 1.54) is 32.1 Å². The Hall–Kier alpha value is -0.0800. The minimum atomic E-state index is -0.576. The Kier molecular flexibility index (Phi) is 3.84. The van der Waals surface area contributed by atoms with Gasteiger partial charge in [-0.2, -0.15) is 0 Å².